The Bertz CT molecular complexity index is 390. The van der Waals surface area contributed by atoms with Gasteiger partial charge in [-0.25, -0.2) is 0 Å². The third-order valence-electron chi connectivity index (χ3n) is 3.79. The average Bonchev–Trinajstić information content (AvgIpc) is 2.88. The quantitative estimate of drug-likeness (QED) is 0.787. The molecule has 3 heteroatoms. The minimum atomic E-state index is 0.750. The molecular weight excluding hydrogens is 258 g/mol. The zero-order chi connectivity index (χ0) is 13.7. The van der Waals surface area contributed by atoms with Crippen molar-refractivity contribution in [2.24, 2.45) is 0 Å². The summed E-state index contributed by atoms with van der Waals surface area (Å²) < 4.78 is 5.79. The van der Waals surface area contributed by atoms with E-state index in [1.165, 1.54) is 25.7 Å². The molecule has 0 heterocycles. The maximum absolute atomic E-state index is 6.14. The summed E-state index contributed by atoms with van der Waals surface area (Å²) in [5.41, 5.74) is 2.17. The first-order valence-electron chi connectivity index (χ1n) is 7.30. The van der Waals surface area contributed by atoms with Gasteiger partial charge in [0.05, 0.1) is 6.61 Å². The average molecular weight is 282 g/mol. The number of halogens is 1. The molecule has 106 valence electrons. The van der Waals surface area contributed by atoms with E-state index in [2.05, 4.69) is 5.32 Å². The van der Waals surface area contributed by atoms with Crippen LogP contribution in [0.2, 0.25) is 5.02 Å². The lowest BCUT2D eigenvalue weighted by atomic mass is 10.1. The fourth-order valence-corrected chi connectivity index (χ4v) is 2.80. The van der Waals surface area contributed by atoms with Gasteiger partial charge in [-0.15, -0.1) is 0 Å². The lowest BCUT2D eigenvalue weighted by molar-refractivity contribution is 0.304. The highest BCUT2D eigenvalue weighted by atomic mass is 35.5. The first-order valence-corrected chi connectivity index (χ1v) is 7.67. The van der Waals surface area contributed by atoms with E-state index in [1.54, 1.807) is 0 Å². The topological polar surface area (TPSA) is 21.3 Å². The van der Waals surface area contributed by atoms with Crippen molar-refractivity contribution in [3.05, 3.63) is 28.3 Å². The molecule has 2 nitrogen and oxygen atoms in total. The number of hydrogen-bond donors (Lipinski definition) is 1. The number of aryl methyl sites for hydroxylation is 2. The molecule has 0 saturated heterocycles. The summed E-state index contributed by atoms with van der Waals surface area (Å²) in [4.78, 5) is 0. The second kappa shape index (κ2) is 7.16. The molecule has 1 fully saturated rings. The first kappa shape index (κ1) is 14.7. The van der Waals surface area contributed by atoms with E-state index in [-0.39, 0.29) is 0 Å². The second-order valence-electron chi connectivity index (χ2n) is 5.51. The molecule has 1 N–H and O–H groups in total. The van der Waals surface area contributed by atoms with Crippen LogP contribution in [-0.4, -0.2) is 19.2 Å². The van der Waals surface area contributed by atoms with Gasteiger partial charge in [-0.05, 0) is 62.9 Å². The Morgan fingerprint density at radius 2 is 1.84 bits per heavy atom. The van der Waals surface area contributed by atoms with Crippen molar-refractivity contribution in [1.82, 2.24) is 5.32 Å². The highest BCUT2D eigenvalue weighted by molar-refractivity contribution is 6.32. The first-order chi connectivity index (χ1) is 9.16. The smallest absolute Gasteiger partial charge is 0.119 e. The molecule has 0 bridgehead atoms. The lowest BCUT2D eigenvalue weighted by Crippen LogP contribution is -2.27. The van der Waals surface area contributed by atoms with Crippen molar-refractivity contribution in [2.75, 3.05) is 13.2 Å². The van der Waals surface area contributed by atoms with Gasteiger partial charge in [-0.1, -0.05) is 24.4 Å². The third-order valence-corrected chi connectivity index (χ3v) is 4.38. The Morgan fingerprint density at radius 1 is 1.21 bits per heavy atom. The van der Waals surface area contributed by atoms with Crippen molar-refractivity contribution in [3.8, 4) is 5.75 Å². The van der Waals surface area contributed by atoms with Crippen molar-refractivity contribution >= 4 is 11.6 Å². The van der Waals surface area contributed by atoms with Crippen LogP contribution in [0.15, 0.2) is 12.1 Å². The molecule has 0 radical (unpaired) electrons. The van der Waals surface area contributed by atoms with Crippen LogP contribution < -0.4 is 10.1 Å². The molecule has 2 rings (SSSR count). The SMILES string of the molecule is Cc1cc(OCCCNC2CCCC2)cc(C)c1Cl. The van der Waals surface area contributed by atoms with Crippen LogP contribution in [0.25, 0.3) is 0 Å². The van der Waals surface area contributed by atoms with Gasteiger partial charge < -0.3 is 10.1 Å². The maximum Gasteiger partial charge on any atom is 0.119 e. The largest absolute Gasteiger partial charge is 0.494 e. The van der Waals surface area contributed by atoms with Gasteiger partial charge in [0.1, 0.15) is 5.75 Å². The van der Waals surface area contributed by atoms with Crippen molar-refractivity contribution in [1.29, 1.82) is 0 Å². The molecule has 0 atom stereocenters. The van der Waals surface area contributed by atoms with Crippen LogP contribution in [0.4, 0.5) is 0 Å². The molecule has 0 aromatic heterocycles. The summed E-state index contributed by atoms with van der Waals surface area (Å²) in [6.07, 6.45) is 6.51. The third kappa shape index (κ3) is 4.39. The van der Waals surface area contributed by atoms with Crippen molar-refractivity contribution in [3.63, 3.8) is 0 Å². The fraction of sp³-hybridized carbons (Fsp3) is 0.625. The summed E-state index contributed by atoms with van der Waals surface area (Å²) >= 11 is 6.14. The minimum Gasteiger partial charge on any atom is -0.494 e. The Morgan fingerprint density at radius 3 is 2.47 bits per heavy atom. The van der Waals surface area contributed by atoms with E-state index < -0.39 is 0 Å². The van der Waals surface area contributed by atoms with Gasteiger partial charge in [-0.3, -0.25) is 0 Å². The van der Waals surface area contributed by atoms with E-state index in [0.717, 1.165) is 47.5 Å². The summed E-state index contributed by atoms with van der Waals surface area (Å²) in [6, 6.07) is 4.78. The van der Waals surface area contributed by atoms with Crippen LogP contribution in [0, 0.1) is 13.8 Å². The van der Waals surface area contributed by atoms with Crippen molar-refractivity contribution in [2.45, 2.75) is 52.0 Å². The predicted molar refractivity (Wildman–Crippen MR) is 81.3 cm³/mol. The van der Waals surface area contributed by atoms with Gasteiger partial charge in [-0.2, -0.15) is 0 Å². The number of ether oxygens (including phenoxy) is 1. The molecule has 1 aliphatic rings. The highest BCUT2D eigenvalue weighted by Gasteiger charge is 2.13. The molecule has 1 saturated carbocycles. The molecule has 0 spiro atoms. The van der Waals surface area contributed by atoms with E-state index in [0.29, 0.717) is 0 Å². The van der Waals surface area contributed by atoms with Crippen LogP contribution >= 0.6 is 11.6 Å². The van der Waals surface area contributed by atoms with Gasteiger partial charge in [0.15, 0.2) is 0 Å². The fourth-order valence-electron chi connectivity index (χ4n) is 2.69. The van der Waals surface area contributed by atoms with Gasteiger partial charge in [0.25, 0.3) is 0 Å². The maximum atomic E-state index is 6.14. The van der Waals surface area contributed by atoms with Crippen LogP contribution in [0.3, 0.4) is 0 Å². The van der Waals surface area contributed by atoms with E-state index in [1.807, 2.05) is 26.0 Å². The highest BCUT2D eigenvalue weighted by Crippen LogP contribution is 2.25. The Hall–Kier alpha value is -0.730. The minimum absolute atomic E-state index is 0.750. The Kier molecular flexibility index (Phi) is 5.53. The van der Waals surface area contributed by atoms with Gasteiger partial charge >= 0.3 is 0 Å². The Labute approximate surface area is 121 Å². The summed E-state index contributed by atoms with van der Waals surface area (Å²) in [5, 5.41) is 4.44. The number of nitrogens with one attached hydrogen (secondary N) is 1. The number of rotatable bonds is 6. The summed E-state index contributed by atoms with van der Waals surface area (Å²) in [5.74, 6) is 0.931. The van der Waals surface area contributed by atoms with E-state index in [9.17, 15) is 0 Å². The van der Waals surface area contributed by atoms with Crippen LogP contribution in [-0.2, 0) is 0 Å². The molecule has 0 aliphatic heterocycles. The second-order valence-corrected chi connectivity index (χ2v) is 5.89. The number of benzene rings is 1. The molecule has 0 unspecified atom stereocenters. The molecule has 1 aliphatic carbocycles. The van der Waals surface area contributed by atoms with E-state index in [4.69, 9.17) is 16.3 Å². The normalized spacial score (nSPS) is 15.9. The molecule has 1 aromatic rings. The van der Waals surface area contributed by atoms with E-state index >= 15 is 0 Å². The lowest BCUT2D eigenvalue weighted by Gasteiger charge is -2.13. The van der Waals surface area contributed by atoms with Gasteiger partial charge in [0, 0.05) is 11.1 Å². The van der Waals surface area contributed by atoms with Crippen molar-refractivity contribution < 1.29 is 4.74 Å². The molecule has 1 aromatic carbocycles. The number of hydrogen-bond acceptors (Lipinski definition) is 2. The Balaban J connectivity index is 1.67. The zero-order valence-corrected chi connectivity index (χ0v) is 12.7. The molecule has 19 heavy (non-hydrogen) atoms. The van der Waals surface area contributed by atoms with Crippen LogP contribution in [0.5, 0.6) is 5.75 Å². The molecular formula is C16H24ClNO. The molecule has 0 amide bonds. The zero-order valence-electron chi connectivity index (χ0n) is 12.0. The summed E-state index contributed by atoms with van der Waals surface area (Å²) in [7, 11) is 0. The monoisotopic (exact) mass is 281 g/mol. The standard InChI is InChI=1S/C16H24ClNO/c1-12-10-15(11-13(2)16(12)17)19-9-5-8-18-14-6-3-4-7-14/h10-11,14,18H,3-9H2,1-2H3. The predicted octanol–water partition coefficient (Wildman–Crippen LogP) is 4.26. The van der Waals surface area contributed by atoms with Crippen LogP contribution in [0.1, 0.15) is 43.2 Å². The summed E-state index contributed by atoms with van der Waals surface area (Å²) in [6.45, 7) is 5.85. The van der Waals surface area contributed by atoms with Gasteiger partial charge in [0.2, 0.25) is 0 Å².